The number of aliphatic hydroxyl groups is 1. The van der Waals surface area contributed by atoms with Crippen LogP contribution in [0.4, 0.5) is 0 Å². The maximum atomic E-state index is 8.48. The van der Waals surface area contributed by atoms with Crippen molar-refractivity contribution in [2.24, 2.45) is 0 Å². The molecule has 0 saturated carbocycles. The van der Waals surface area contributed by atoms with E-state index in [2.05, 4.69) is 11.9 Å². The molecule has 0 fully saturated rings. The Morgan fingerprint density at radius 1 is 1.27 bits per heavy atom. The molecular formula is C9H19NO. The third kappa shape index (κ3) is 9.50. The molecule has 2 nitrogen and oxygen atoms in total. The first-order chi connectivity index (χ1) is 5.27. The number of nitrogens with one attached hydrogen (secondary N) is 1. The normalized spacial score (nSPS) is 9.64. The maximum absolute atomic E-state index is 8.48. The first kappa shape index (κ1) is 10.5. The molecule has 0 aromatic carbocycles. The van der Waals surface area contributed by atoms with Crippen LogP contribution in [0, 0.1) is 0 Å². The average molecular weight is 157 g/mol. The summed E-state index contributed by atoms with van der Waals surface area (Å²) in [6.45, 7) is 7.05. The van der Waals surface area contributed by atoms with Gasteiger partial charge in [-0.1, -0.05) is 19.4 Å². The lowest BCUT2D eigenvalue weighted by Crippen LogP contribution is -2.11. The molecule has 0 aliphatic rings. The molecule has 0 amide bonds. The molecule has 0 unspecified atom stereocenters. The Bertz CT molecular complexity index is 102. The van der Waals surface area contributed by atoms with Crippen LogP contribution in [0.2, 0.25) is 0 Å². The van der Waals surface area contributed by atoms with E-state index in [4.69, 9.17) is 5.11 Å². The van der Waals surface area contributed by atoms with Gasteiger partial charge in [0.05, 0.1) is 0 Å². The minimum atomic E-state index is 0.327. The average Bonchev–Trinajstić information content (AvgIpc) is 1.96. The lowest BCUT2D eigenvalue weighted by molar-refractivity contribution is 0.282. The highest BCUT2D eigenvalue weighted by Gasteiger charge is 1.88. The maximum Gasteiger partial charge on any atom is 0.0431 e. The number of allylic oxidation sites excluding steroid dienone is 1. The van der Waals surface area contributed by atoms with Crippen LogP contribution in [0.25, 0.3) is 0 Å². The highest BCUT2D eigenvalue weighted by atomic mass is 16.2. The van der Waals surface area contributed by atoms with E-state index in [1.54, 1.807) is 0 Å². The molecule has 0 aliphatic carbocycles. The van der Waals surface area contributed by atoms with Gasteiger partial charge in [0, 0.05) is 18.8 Å². The van der Waals surface area contributed by atoms with Crippen molar-refractivity contribution in [2.45, 2.75) is 32.6 Å². The van der Waals surface area contributed by atoms with Crippen LogP contribution in [0.3, 0.4) is 0 Å². The van der Waals surface area contributed by atoms with Gasteiger partial charge in [0.1, 0.15) is 0 Å². The lowest BCUT2D eigenvalue weighted by atomic mass is 10.2. The Kier molecular flexibility index (Phi) is 7.26. The molecule has 0 aromatic heterocycles. The fraction of sp³-hybridized carbons (Fsp3) is 0.778. The van der Waals surface area contributed by atoms with Crippen LogP contribution in [0.5, 0.6) is 0 Å². The van der Waals surface area contributed by atoms with Gasteiger partial charge in [0.25, 0.3) is 0 Å². The van der Waals surface area contributed by atoms with Crippen LogP contribution in [-0.2, 0) is 0 Å². The van der Waals surface area contributed by atoms with Crippen LogP contribution < -0.4 is 5.32 Å². The van der Waals surface area contributed by atoms with E-state index < -0.39 is 0 Å². The SMILES string of the molecule is C=C(C)NCCCCCCO. The van der Waals surface area contributed by atoms with Gasteiger partial charge in [-0.2, -0.15) is 0 Å². The van der Waals surface area contributed by atoms with E-state index in [0.29, 0.717) is 6.61 Å². The van der Waals surface area contributed by atoms with E-state index in [-0.39, 0.29) is 0 Å². The zero-order chi connectivity index (χ0) is 8.53. The summed E-state index contributed by atoms with van der Waals surface area (Å²) in [5, 5.41) is 11.6. The van der Waals surface area contributed by atoms with Crippen molar-refractivity contribution in [3.63, 3.8) is 0 Å². The van der Waals surface area contributed by atoms with E-state index in [9.17, 15) is 0 Å². The van der Waals surface area contributed by atoms with E-state index >= 15 is 0 Å². The third-order valence-electron chi connectivity index (χ3n) is 1.51. The molecule has 0 saturated heterocycles. The van der Waals surface area contributed by atoms with E-state index in [1.807, 2.05) is 6.92 Å². The summed E-state index contributed by atoms with van der Waals surface area (Å²) >= 11 is 0. The first-order valence-corrected chi connectivity index (χ1v) is 4.27. The number of rotatable bonds is 7. The van der Waals surface area contributed by atoms with Crippen LogP contribution >= 0.6 is 0 Å². The minimum absolute atomic E-state index is 0.327. The molecule has 0 atom stereocenters. The van der Waals surface area contributed by atoms with Crippen molar-refractivity contribution in [3.05, 3.63) is 12.3 Å². The Morgan fingerprint density at radius 3 is 2.45 bits per heavy atom. The Hall–Kier alpha value is -0.500. The van der Waals surface area contributed by atoms with Crippen molar-refractivity contribution in [3.8, 4) is 0 Å². The van der Waals surface area contributed by atoms with Gasteiger partial charge in [0.2, 0.25) is 0 Å². The molecule has 0 aliphatic heterocycles. The molecule has 0 radical (unpaired) electrons. The van der Waals surface area contributed by atoms with Gasteiger partial charge < -0.3 is 10.4 Å². The molecule has 0 rings (SSSR count). The van der Waals surface area contributed by atoms with Crippen LogP contribution in [-0.4, -0.2) is 18.3 Å². The highest BCUT2D eigenvalue weighted by molar-refractivity contribution is 4.83. The molecule has 0 heterocycles. The summed E-state index contributed by atoms with van der Waals surface area (Å²) in [6.07, 6.45) is 4.44. The van der Waals surface area contributed by atoms with E-state index in [1.165, 1.54) is 12.8 Å². The summed E-state index contributed by atoms with van der Waals surface area (Å²) in [6, 6.07) is 0. The fourth-order valence-corrected chi connectivity index (χ4v) is 0.892. The Balaban J connectivity index is 2.85. The number of aliphatic hydroxyl groups excluding tert-OH is 1. The van der Waals surface area contributed by atoms with Gasteiger partial charge in [-0.05, 0) is 19.8 Å². The van der Waals surface area contributed by atoms with E-state index in [0.717, 1.165) is 25.1 Å². The predicted molar refractivity (Wildman–Crippen MR) is 48.4 cm³/mol. The first-order valence-electron chi connectivity index (χ1n) is 4.27. The third-order valence-corrected chi connectivity index (χ3v) is 1.51. The van der Waals surface area contributed by atoms with Gasteiger partial charge >= 0.3 is 0 Å². The monoisotopic (exact) mass is 157 g/mol. The quantitative estimate of drug-likeness (QED) is 0.551. The van der Waals surface area contributed by atoms with Gasteiger partial charge in [-0.3, -0.25) is 0 Å². The predicted octanol–water partition coefficient (Wildman–Crippen LogP) is 1.66. The minimum Gasteiger partial charge on any atom is -0.396 e. The second-order valence-electron chi connectivity index (χ2n) is 2.84. The fourth-order valence-electron chi connectivity index (χ4n) is 0.892. The summed E-state index contributed by atoms with van der Waals surface area (Å²) in [5.41, 5.74) is 1.03. The van der Waals surface area contributed by atoms with Gasteiger partial charge in [0.15, 0.2) is 0 Å². The van der Waals surface area contributed by atoms with Crippen molar-refractivity contribution >= 4 is 0 Å². The molecular weight excluding hydrogens is 138 g/mol. The zero-order valence-corrected chi connectivity index (χ0v) is 7.40. The van der Waals surface area contributed by atoms with Crippen molar-refractivity contribution in [2.75, 3.05) is 13.2 Å². The second kappa shape index (κ2) is 7.61. The Labute approximate surface area is 69.3 Å². The summed E-state index contributed by atoms with van der Waals surface area (Å²) < 4.78 is 0. The van der Waals surface area contributed by atoms with Crippen LogP contribution in [0.15, 0.2) is 12.3 Å². The topological polar surface area (TPSA) is 32.3 Å². The highest BCUT2D eigenvalue weighted by Crippen LogP contribution is 1.97. The molecule has 2 heteroatoms. The van der Waals surface area contributed by atoms with Crippen molar-refractivity contribution in [1.82, 2.24) is 5.32 Å². The Morgan fingerprint density at radius 2 is 1.91 bits per heavy atom. The summed E-state index contributed by atoms with van der Waals surface area (Å²) in [7, 11) is 0. The molecule has 0 aromatic rings. The molecule has 11 heavy (non-hydrogen) atoms. The van der Waals surface area contributed by atoms with Gasteiger partial charge in [-0.15, -0.1) is 0 Å². The summed E-state index contributed by atoms with van der Waals surface area (Å²) in [5.74, 6) is 0. The smallest absolute Gasteiger partial charge is 0.0431 e. The van der Waals surface area contributed by atoms with Crippen molar-refractivity contribution < 1.29 is 5.11 Å². The standard InChI is InChI=1S/C9H19NO/c1-9(2)10-7-5-3-4-6-8-11/h10-11H,1,3-8H2,2H3. The van der Waals surface area contributed by atoms with Gasteiger partial charge in [-0.25, -0.2) is 0 Å². The van der Waals surface area contributed by atoms with Crippen molar-refractivity contribution in [1.29, 1.82) is 0 Å². The largest absolute Gasteiger partial charge is 0.396 e. The second-order valence-corrected chi connectivity index (χ2v) is 2.84. The summed E-state index contributed by atoms with van der Waals surface area (Å²) in [4.78, 5) is 0. The molecule has 2 N–H and O–H groups in total. The number of hydrogen-bond acceptors (Lipinski definition) is 2. The molecule has 0 bridgehead atoms. The van der Waals surface area contributed by atoms with Crippen LogP contribution in [0.1, 0.15) is 32.6 Å². The lowest BCUT2D eigenvalue weighted by Gasteiger charge is -2.03. The zero-order valence-electron chi connectivity index (χ0n) is 7.40. The number of hydrogen-bond donors (Lipinski definition) is 2. The number of unbranched alkanes of at least 4 members (excludes halogenated alkanes) is 3. The molecule has 66 valence electrons. The molecule has 0 spiro atoms.